The molecular weight excluding hydrogens is 541 g/mol. The highest BCUT2D eigenvalue weighted by Crippen LogP contribution is 2.46. The number of carbonyl (C=O) groups is 1. The molecule has 3 N–H and O–H groups in total. The molecule has 1 unspecified atom stereocenters. The minimum Gasteiger partial charge on any atom is -0.494 e. The number of aliphatic hydroxyl groups is 1. The predicted octanol–water partition coefficient (Wildman–Crippen LogP) is 4.28. The van der Waals surface area contributed by atoms with Gasteiger partial charge in [0.1, 0.15) is 35.8 Å². The van der Waals surface area contributed by atoms with Gasteiger partial charge < -0.3 is 29.6 Å². The van der Waals surface area contributed by atoms with Crippen LogP contribution in [0.1, 0.15) is 34.7 Å². The van der Waals surface area contributed by atoms with E-state index < -0.39 is 17.3 Å². The highest BCUT2D eigenvalue weighted by Gasteiger charge is 2.46. The van der Waals surface area contributed by atoms with Crippen molar-refractivity contribution in [3.63, 3.8) is 0 Å². The number of carbonyl (C=O) groups excluding carboxylic acids is 1. The molecule has 1 saturated carbocycles. The lowest BCUT2D eigenvalue weighted by Gasteiger charge is -2.29. The van der Waals surface area contributed by atoms with Gasteiger partial charge in [0, 0.05) is 11.1 Å². The number of benzene rings is 2. The van der Waals surface area contributed by atoms with E-state index in [9.17, 15) is 14.3 Å². The molecule has 1 atom stereocenters. The van der Waals surface area contributed by atoms with Crippen LogP contribution in [-0.2, 0) is 12.2 Å². The van der Waals surface area contributed by atoms with Crippen molar-refractivity contribution < 1.29 is 28.5 Å². The zero-order valence-electron chi connectivity index (χ0n) is 21.8. The van der Waals surface area contributed by atoms with E-state index in [1.54, 1.807) is 36.4 Å². The topological polar surface area (TPSA) is 131 Å². The second-order valence-electron chi connectivity index (χ2n) is 9.35. The molecule has 5 rings (SSSR count). The number of halogens is 2. The molecule has 2 heterocycles. The number of nitrogens with zero attached hydrogens (tertiary/aromatic N) is 3. The average Bonchev–Trinajstić information content (AvgIpc) is 3.71. The molecule has 0 bridgehead atoms. The Labute approximate surface area is 234 Å². The lowest BCUT2D eigenvalue weighted by Crippen LogP contribution is -2.43. The van der Waals surface area contributed by atoms with Gasteiger partial charge in [0.15, 0.2) is 17.3 Å². The van der Waals surface area contributed by atoms with Gasteiger partial charge in [0.25, 0.3) is 5.91 Å². The fraction of sp³-hybridized carbons (Fsp3) is 0.286. The molecule has 0 radical (unpaired) electrons. The van der Waals surface area contributed by atoms with Crippen LogP contribution in [-0.4, -0.2) is 51.9 Å². The minimum atomic E-state index is -1.44. The molecule has 2 aromatic carbocycles. The van der Waals surface area contributed by atoms with Crippen LogP contribution in [0, 0.1) is 11.7 Å². The first-order valence-electron chi connectivity index (χ1n) is 12.5. The molecule has 40 heavy (non-hydrogen) atoms. The van der Waals surface area contributed by atoms with Gasteiger partial charge in [-0.1, -0.05) is 11.6 Å². The largest absolute Gasteiger partial charge is 0.494 e. The van der Waals surface area contributed by atoms with Gasteiger partial charge in [-0.2, -0.15) is 0 Å². The summed E-state index contributed by atoms with van der Waals surface area (Å²) in [6, 6.07) is 12.4. The number of nitrogens with one attached hydrogen (secondary N) is 2. The Balaban J connectivity index is 1.35. The molecule has 1 amide bonds. The maximum atomic E-state index is 13.8. The molecule has 1 aliphatic rings. The standard InChI is InChI=1S/C28H27ClFN5O5/c1-38-22-9-10-24(34-26(22)16-3-7-20(30)19(29)11-16)28(37,18-5-6-18)14-31-27(36)17-4-8-21(23(12-17)39-2)40-13-25-32-15-33-35-25/h3-4,7-12,15,18,37H,5-6,13-14H2,1-2H3,(H,31,36)(H,32,33,35). The van der Waals surface area contributed by atoms with Crippen LogP contribution in [0.4, 0.5) is 4.39 Å². The number of methoxy groups -OCH3 is 2. The van der Waals surface area contributed by atoms with E-state index >= 15 is 0 Å². The molecule has 208 valence electrons. The predicted molar refractivity (Wildman–Crippen MR) is 144 cm³/mol. The Kier molecular flexibility index (Phi) is 7.85. The molecular formula is C28H27ClFN5O5. The van der Waals surface area contributed by atoms with Crippen molar-refractivity contribution in [1.82, 2.24) is 25.5 Å². The third kappa shape index (κ3) is 5.70. The zero-order valence-corrected chi connectivity index (χ0v) is 22.5. The van der Waals surface area contributed by atoms with Gasteiger partial charge in [-0.25, -0.2) is 9.37 Å². The number of aromatic nitrogens is 4. The van der Waals surface area contributed by atoms with Crippen molar-refractivity contribution in [3.8, 4) is 28.5 Å². The summed E-state index contributed by atoms with van der Waals surface area (Å²) in [5, 5.41) is 22.2. The fourth-order valence-corrected chi connectivity index (χ4v) is 4.58. The van der Waals surface area contributed by atoms with Crippen LogP contribution < -0.4 is 19.5 Å². The summed E-state index contributed by atoms with van der Waals surface area (Å²) >= 11 is 6.00. The molecule has 0 aliphatic heterocycles. The number of H-pyrrole nitrogens is 1. The quantitative estimate of drug-likeness (QED) is 0.245. The number of hydrogen-bond acceptors (Lipinski definition) is 8. The summed E-state index contributed by atoms with van der Waals surface area (Å²) in [4.78, 5) is 20.7. The summed E-state index contributed by atoms with van der Waals surface area (Å²) in [6.45, 7) is 0.0722. The highest BCUT2D eigenvalue weighted by atomic mass is 35.5. The van der Waals surface area contributed by atoms with Crippen LogP contribution in [0.15, 0.2) is 54.9 Å². The second-order valence-corrected chi connectivity index (χ2v) is 9.75. The SMILES string of the molecule is COc1cc(C(=O)NCC(O)(c2ccc(OC)c(-c3ccc(F)c(Cl)c3)n2)C2CC2)ccc1OCc1nnc[nH]1. The second kappa shape index (κ2) is 11.5. The highest BCUT2D eigenvalue weighted by molar-refractivity contribution is 6.31. The van der Waals surface area contributed by atoms with E-state index in [-0.39, 0.29) is 24.1 Å². The maximum Gasteiger partial charge on any atom is 0.251 e. The van der Waals surface area contributed by atoms with Crippen LogP contribution in [0.25, 0.3) is 11.3 Å². The molecule has 1 fully saturated rings. The Morgan fingerprint density at radius 1 is 1.12 bits per heavy atom. The first kappa shape index (κ1) is 27.4. The van der Waals surface area contributed by atoms with Crippen LogP contribution in [0.3, 0.4) is 0 Å². The van der Waals surface area contributed by atoms with Crippen molar-refractivity contribution in [3.05, 3.63) is 82.8 Å². The normalized spacial score (nSPS) is 14.3. The van der Waals surface area contributed by atoms with Crippen molar-refractivity contribution in [1.29, 1.82) is 0 Å². The molecule has 10 nitrogen and oxygen atoms in total. The van der Waals surface area contributed by atoms with Gasteiger partial charge in [-0.05, 0) is 67.3 Å². The van der Waals surface area contributed by atoms with E-state index in [1.807, 2.05) is 0 Å². The zero-order chi connectivity index (χ0) is 28.3. The molecule has 1 aliphatic carbocycles. The van der Waals surface area contributed by atoms with Gasteiger partial charge in [-0.3, -0.25) is 4.79 Å². The van der Waals surface area contributed by atoms with E-state index in [0.717, 1.165) is 12.8 Å². The summed E-state index contributed by atoms with van der Waals surface area (Å²) in [5.74, 6) is 0.721. The van der Waals surface area contributed by atoms with E-state index in [0.29, 0.717) is 45.6 Å². The van der Waals surface area contributed by atoms with Crippen LogP contribution >= 0.6 is 11.6 Å². The smallest absolute Gasteiger partial charge is 0.251 e. The van der Waals surface area contributed by atoms with Crippen LogP contribution in [0.5, 0.6) is 17.2 Å². The summed E-state index contributed by atoms with van der Waals surface area (Å²) in [6.07, 6.45) is 3.01. The van der Waals surface area contributed by atoms with Gasteiger partial charge >= 0.3 is 0 Å². The van der Waals surface area contributed by atoms with Gasteiger partial charge in [-0.15, -0.1) is 10.2 Å². The van der Waals surface area contributed by atoms with E-state index in [2.05, 4.69) is 20.5 Å². The monoisotopic (exact) mass is 567 g/mol. The number of hydrogen-bond donors (Lipinski definition) is 3. The van der Waals surface area contributed by atoms with Gasteiger partial charge in [0.05, 0.1) is 31.5 Å². The average molecular weight is 568 g/mol. The number of pyridine rings is 1. The lowest BCUT2D eigenvalue weighted by atomic mass is 9.92. The number of ether oxygens (including phenoxy) is 3. The minimum absolute atomic E-state index is 0.0544. The van der Waals surface area contributed by atoms with E-state index in [4.69, 9.17) is 30.8 Å². The first-order chi connectivity index (χ1) is 19.3. The Morgan fingerprint density at radius 2 is 1.90 bits per heavy atom. The van der Waals surface area contributed by atoms with Gasteiger partial charge in [0.2, 0.25) is 0 Å². The lowest BCUT2D eigenvalue weighted by molar-refractivity contribution is 0.00953. The number of amides is 1. The summed E-state index contributed by atoms with van der Waals surface area (Å²) < 4.78 is 30.4. The number of rotatable bonds is 11. The van der Waals surface area contributed by atoms with Crippen LogP contribution in [0.2, 0.25) is 5.02 Å². The third-order valence-electron chi connectivity index (χ3n) is 6.74. The van der Waals surface area contributed by atoms with Crippen molar-refractivity contribution in [2.75, 3.05) is 20.8 Å². The Morgan fingerprint density at radius 3 is 2.58 bits per heavy atom. The molecule has 4 aromatic rings. The number of aromatic amines is 1. The molecule has 0 spiro atoms. The first-order valence-corrected chi connectivity index (χ1v) is 12.9. The van der Waals surface area contributed by atoms with Crippen molar-refractivity contribution in [2.45, 2.75) is 25.0 Å². The van der Waals surface area contributed by atoms with Crippen molar-refractivity contribution >= 4 is 17.5 Å². The Hall–Kier alpha value is -4.22. The summed E-state index contributed by atoms with van der Waals surface area (Å²) in [7, 11) is 2.98. The molecule has 0 saturated heterocycles. The molecule has 12 heteroatoms. The van der Waals surface area contributed by atoms with E-state index in [1.165, 1.54) is 32.7 Å². The molecule has 2 aromatic heterocycles. The maximum absolute atomic E-state index is 13.8. The summed E-state index contributed by atoms with van der Waals surface area (Å²) in [5.41, 5.74) is 0.180. The van der Waals surface area contributed by atoms with Crippen molar-refractivity contribution in [2.24, 2.45) is 5.92 Å². The Bertz CT molecular complexity index is 1520. The fourth-order valence-electron chi connectivity index (χ4n) is 4.40. The third-order valence-corrected chi connectivity index (χ3v) is 7.03.